The lowest BCUT2D eigenvalue weighted by molar-refractivity contribution is -0.155. The summed E-state index contributed by atoms with van der Waals surface area (Å²) in [6.07, 6.45) is 24.9. The summed E-state index contributed by atoms with van der Waals surface area (Å²) in [6.45, 7) is 6.19. The predicted octanol–water partition coefficient (Wildman–Crippen LogP) is 9.46. The lowest BCUT2D eigenvalue weighted by Crippen LogP contribution is -2.41. The first-order valence-electron chi connectivity index (χ1n) is 24.6. The maximum absolute atomic E-state index is 13.0. The van der Waals surface area contributed by atoms with Crippen LogP contribution in [0.2, 0.25) is 0 Å². The van der Waals surface area contributed by atoms with E-state index in [4.69, 9.17) is 20.9 Å². The number of hydrogen-bond donors (Lipinski definition) is 3. The number of amides is 4. The number of carbonyl (C=O) groups excluding carboxylic acids is 6. The molecule has 5 N–H and O–H groups in total. The number of aliphatic hydroxyl groups is 1. The molecule has 0 radical (unpaired) electrons. The van der Waals surface area contributed by atoms with Crippen LogP contribution in [-0.2, 0) is 28.7 Å². The fourth-order valence-corrected chi connectivity index (χ4v) is 8.12. The normalized spacial score (nSPS) is 17.0. The zero-order valence-corrected chi connectivity index (χ0v) is 39.9. The molecule has 0 aromatic heterocycles. The molecule has 13 nitrogen and oxygen atoms in total. The van der Waals surface area contributed by atoms with E-state index in [0.717, 1.165) is 109 Å². The van der Waals surface area contributed by atoms with Gasteiger partial charge in [-0.2, -0.15) is 0 Å². The van der Waals surface area contributed by atoms with Crippen molar-refractivity contribution >= 4 is 35.6 Å². The fraction of sp³-hybridized carbons (Fsp3) is 0.585. The highest BCUT2D eigenvalue weighted by Gasteiger charge is 2.35. The summed E-state index contributed by atoms with van der Waals surface area (Å²) in [5.74, 6) is -2.14. The van der Waals surface area contributed by atoms with Gasteiger partial charge in [0.05, 0.1) is 0 Å². The average Bonchev–Trinajstić information content (AvgIpc) is 4.03. The van der Waals surface area contributed by atoms with E-state index in [0.29, 0.717) is 36.8 Å². The Balaban J connectivity index is 0.000000350. The van der Waals surface area contributed by atoms with Gasteiger partial charge in [0.2, 0.25) is 11.8 Å². The number of ether oxygens (including phenoxy) is 2. The Morgan fingerprint density at radius 3 is 1.27 bits per heavy atom. The molecule has 2 aliphatic heterocycles. The van der Waals surface area contributed by atoms with Crippen LogP contribution in [0.15, 0.2) is 85.2 Å². The van der Waals surface area contributed by atoms with Crippen LogP contribution < -0.4 is 11.5 Å². The Kier molecular flexibility index (Phi) is 26.3. The van der Waals surface area contributed by atoms with E-state index in [1.54, 1.807) is 48.8 Å². The second kappa shape index (κ2) is 31.6. The molecular weight excluding hydrogens is 837 g/mol. The fourth-order valence-electron chi connectivity index (χ4n) is 8.12. The first-order valence-corrected chi connectivity index (χ1v) is 24.6. The molecule has 66 heavy (non-hydrogen) atoms. The van der Waals surface area contributed by atoms with Crippen molar-refractivity contribution in [1.29, 1.82) is 0 Å². The summed E-state index contributed by atoms with van der Waals surface area (Å²) < 4.78 is 11.9. The van der Waals surface area contributed by atoms with Crippen molar-refractivity contribution in [1.82, 2.24) is 9.80 Å². The number of nitrogens with two attached hydrogens (primary N) is 2. The van der Waals surface area contributed by atoms with Gasteiger partial charge in [-0.05, 0) is 101 Å². The number of hydrogen-bond acceptors (Lipinski definition) is 9. The molecule has 0 saturated carbocycles. The van der Waals surface area contributed by atoms with Crippen LogP contribution in [0.3, 0.4) is 0 Å². The van der Waals surface area contributed by atoms with Gasteiger partial charge in [0.1, 0.15) is 30.4 Å². The van der Waals surface area contributed by atoms with Crippen LogP contribution in [0.25, 0.3) is 0 Å². The van der Waals surface area contributed by atoms with Crippen molar-refractivity contribution in [2.24, 2.45) is 17.4 Å². The molecule has 0 fully saturated rings. The second-order valence-corrected chi connectivity index (χ2v) is 17.7. The summed E-state index contributed by atoms with van der Waals surface area (Å²) in [5.41, 5.74) is 11.5. The van der Waals surface area contributed by atoms with E-state index in [2.05, 4.69) is 13.8 Å². The topological polar surface area (TPSA) is 200 Å². The standard InChI is InChI=1S/C27H40N2O4.C26H38N2O5/c1-3-4-5-11-17-23(18-12-6-8-14-21(2)25(28)30)33-27(32)24-19-13-20-29(24)26(31)22-15-9-7-10-16-22;1-2-3-4-9-15-21(16-10-6-11-18-23(29)24(27)30)33-26(32)22-17-12-19-28(22)25(31)20-13-7-5-8-14-20/h7,9-10,13,15-16,20-21,23-24H,3-6,8,11-12,14,17-19H2,1-2H3,(H2,28,30);5,7-8,12-14,19,21-23,29H,2-4,6,9-11,15-18H2,1H3,(H2,27,30)/t21-,23-,24+;21-,22+,23-/m11/s1. The Hall–Kier alpha value is -5.30. The van der Waals surface area contributed by atoms with Crippen LogP contribution in [-0.4, -0.2) is 80.9 Å². The number of aliphatic hydroxyl groups excluding tert-OH is 1. The molecule has 13 heteroatoms. The summed E-state index contributed by atoms with van der Waals surface area (Å²) in [4.78, 5) is 76.9. The van der Waals surface area contributed by atoms with Gasteiger partial charge in [0.25, 0.3) is 11.8 Å². The molecule has 2 aliphatic rings. The van der Waals surface area contributed by atoms with Gasteiger partial charge in [0.15, 0.2) is 0 Å². The van der Waals surface area contributed by atoms with Crippen LogP contribution in [0.5, 0.6) is 0 Å². The highest BCUT2D eigenvalue weighted by molar-refractivity contribution is 5.98. The van der Waals surface area contributed by atoms with E-state index in [1.807, 2.05) is 43.3 Å². The van der Waals surface area contributed by atoms with Crippen LogP contribution in [0, 0.1) is 5.92 Å². The van der Waals surface area contributed by atoms with Gasteiger partial charge in [0, 0.05) is 29.4 Å². The number of nitrogens with zero attached hydrogens (tertiary/aromatic N) is 2. The molecule has 0 aliphatic carbocycles. The van der Waals surface area contributed by atoms with E-state index in [1.165, 1.54) is 16.2 Å². The maximum Gasteiger partial charge on any atom is 0.329 e. The molecule has 0 saturated heterocycles. The summed E-state index contributed by atoms with van der Waals surface area (Å²) >= 11 is 0. The largest absolute Gasteiger partial charge is 0.461 e. The SMILES string of the molecule is CCCCCC[C@H](CCCCC[C@@H](C)C(N)=O)OC(=O)[C@@H]1CC=CN1C(=O)c1ccccc1.CCCCCC[C@H](CCCCC[C@@H](O)C(N)=O)OC(=O)[C@@H]1CC=CN1C(=O)c1ccccc1. The Labute approximate surface area is 393 Å². The minimum absolute atomic E-state index is 0.101. The third-order valence-electron chi connectivity index (χ3n) is 12.3. The molecular formula is C53H78N4O9. The van der Waals surface area contributed by atoms with Crippen molar-refractivity contribution < 1.29 is 43.3 Å². The third kappa shape index (κ3) is 20.1. The number of esters is 2. The van der Waals surface area contributed by atoms with Gasteiger partial charge in [-0.25, -0.2) is 9.59 Å². The predicted molar refractivity (Wildman–Crippen MR) is 257 cm³/mol. The second-order valence-electron chi connectivity index (χ2n) is 17.7. The van der Waals surface area contributed by atoms with Gasteiger partial charge in [-0.3, -0.25) is 19.2 Å². The van der Waals surface area contributed by atoms with E-state index >= 15 is 0 Å². The molecule has 0 bridgehead atoms. The summed E-state index contributed by atoms with van der Waals surface area (Å²) in [6, 6.07) is 16.7. The highest BCUT2D eigenvalue weighted by atomic mass is 16.5. The first-order chi connectivity index (χ1) is 31.9. The molecule has 4 rings (SSSR count). The monoisotopic (exact) mass is 915 g/mol. The van der Waals surface area contributed by atoms with Crippen molar-refractivity contribution in [3.63, 3.8) is 0 Å². The minimum atomic E-state index is -1.10. The number of primary amides is 2. The van der Waals surface area contributed by atoms with Crippen molar-refractivity contribution in [3.05, 3.63) is 96.3 Å². The lowest BCUT2D eigenvalue weighted by atomic mass is 9.99. The molecule has 364 valence electrons. The summed E-state index contributed by atoms with van der Waals surface area (Å²) in [5, 5.41) is 9.51. The van der Waals surface area contributed by atoms with Gasteiger partial charge >= 0.3 is 11.9 Å². The average molecular weight is 915 g/mol. The van der Waals surface area contributed by atoms with Crippen LogP contribution in [0.1, 0.15) is 183 Å². The molecule has 6 atom stereocenters. The number of benzene rings is 2. The minimum Gasteiger partial charge on any atom is -0.461 e. The molecule has 0 unspecified atom stereocenters. The lowest BCUT2D eigenvalue weighted by Gasteiger charge is -2.25. The van der Waals surface area contributed by atoms with Gasteiger partial charge < -0.3 is 35.8 Å². The molecule has 2 aromatic rings. The van der Waals surface area contributed by atoms with E-state index < -0.39 is 24.1 Å². The maximum atomic E-state index is 13.0. The molecule has 2 aromatic carbocycles. The first kappa shape index (κ1) is 55.0. The molecule has 2 heterocycles. The Morgan fingerprint density at radius 2 is 0.909 bits per heavy atom. The zero-order chi connectivity index (χ0) is 48.1. The van der Waals surface area contributed by atoms with Crippen LogP contribution in [0.4, 0.5) is 0 Å². The van der Waals surface area contributed by atoms with Gasteiger partial charge in [-0.1, -0.05) is 134 Å². The molecule has 4 amide bonds. The van der Waals surface area contributed by atoms with Crippen molar-refractivity contribution in [2.45, 2.75) is 192 Å². The molecule has 0 spiro atoms. The number of carbonyl (C=O) groups is 6. The third-order valence-corrected chi connectivity index (χ3v) is 12.3. The number of rotatable bonds is 30. The smallest absolute Gasteiger partial charge is 0.329 e. The van der Waals surface area contributed by atoms with E-state index in [9.17, 15) is 33.9 Å². The number of unbranched alkanes of at least 4 members (excludes halogenated alkanes) is 10. The van der Waals surface area contributed by atoms with Gasteiger partial charge in [-0.15, -0.1) is 0 Å². The highest BCUT2D eigenvalue weighted by Crippen LogP contribution is 2.25. The van der Waals surface area contributed by atoms with Crippen LogP contribution >= 0.6 is 0 Å². The quantitative estimate of drug-likeness (QED) is 0.0504. The van der Waals surface area contributed by atoms with Crippen molar-refractivity contribution in [3.8, 4) is 0 Å². The van der Waals surface area contributed by atoms with Crippen molar-refractivity contribution in [2.75, 3.05) is 0 Å². The zero-order valence-electron chi connectivity index (χ0n) is 39.9. The summed E-state index contributed by atoms with van der Waals surface area (Å²) in [7, 11) is 0. The Bertz CT molecular complexity index is 1690. The Morgan fingerprint density at radius 1 is 0.545 bits per heavy atom. The van der Waals surface area contributed by atoms with E-state index in [-0.39, 0.29) is 47.8 Å².